The van der Waals surface area contributed by atoms with Gasteiger partial charge in [0.15, 0.2) is 0 Å². The summed E-state index contributed by atoms with van der Waals surface area (Å²) in [7, 11) is 0. The summed E-state index contributed by atoms with van der Waals surface area (Å²) in [5.41, 5.74) is 11.2. The van der Waals surface area contributed by atoms with Crippen molar-refractivity contribution in [1.82, 2.24) is 4.98 Å². The second-order valence-electron chi connectivity index (χ2n) is 8.08. The molecule has 1 aromatic heterocycles. The molecule has 0 atom stereocenters. The van der Waals surface area contributed by atoms with Crippen molar-refractivity contribution in [2.45, 2.75) is 37.6 Å². The molecule has 0 radical (unpaired) electrons. The number of thioether (sulfide) groups is 1. The fourth-order valence-electron chi connectivity index (χ4n) is 4.26. The van der Waals surface area contributed by atoms with Crippen LogP contribution in [-0.4, -0.2) is 23.2 Å². The van der Waals surface area contributed by atoms with Gasteiger partial charge in [-0.15, -0.1) is 11.8 Å². The first-order valence-corrected chi connectivity index (χ1v) is 12.3. The van der Waals surface area contributed by atoms with Gasteiger partial charge < -0.3 is 10.6 Å². The number of pyridine rings is 1. The summed E-state index contributed by atoms with van der Waals surface area (Å²) < 4.78 is 0. The lowest BCUT2D eigenvalue weighted by Gasteiger charge is -2.29. The van der Waals surface area contributed by atoms with Crippen molar-refractivity contribution in [1.29, 1.82) is 10.5 Å². The first-order valence-electron chi connectivity index (χ1n) is 11.3. The maximum absolute atomic E-state index is 13.0. The maximum atomic E-state index is 13.0. The van der Waals surface area contributed by atoms with Gasteiger partial charge in [-0.25, -0.2) is 4.98 Å². The Hall–Kier alpha value is -3.81. The van der Waals surface area contributed by atoms with Crippen molar-refractivity contribution in [3.63, 3.8) is 0 Å². The van der Waals surface area contributed by atoms with E-state index in [1.165, 1.54) is 17.3 Å². The standard InChI is InChI=1S/C27H25N5OS/c1-2-18-9-11-20(12-10-18)25-21(16-28)26(30)31-27(22(25)17-29)34-15-13-24(33)32-14-5-7-19-6-3-4-8-23(19)32/h3-4,6,8-12H,2,5,7,13-15H2,1H3,(H2,30,31). The molecule has 0 saturated heterocycles. The number of nitrogen functional groups attached to an aromatic ring is 1. The summed E-state index contributed by atoms with van der Waals surface area (Å²) in [4.78, 5) is 19.2. The summed E-state index contributed by atoms with van der Waals surface area (Å²) in [5, 5.41) is 20.1. The molecule has 6 nitrogen and oxygen atoms in total. The third-order valence-corrected chi connectivity index (χ3v) is 7.01. The lowest BCUT2D eigenvalue weighted by atomic mass is 9.96. The molecule has 1 aliphatic heterocycles. The largest absolute Gasteiger partial charge is 0.383 e. The zero-order valence-corrected chi connectivity index (χ0v) is 19.9. The number of carbonyl (C=O) groups excluding carboxylic acids is 1. The highest BCUT2D eigenvalue weighted by Crippen LogP contribution is 2.36. The van der Waals surface area contributed by atoms with Gasteiger partial charge in [-0.05, 0) is 42.0 Å². The maximum Gasteiger partial charge on any atom is 0.227 e. The van der Waals surface area contributed by atoms with Gasteiger partial charge in [-0.1, -0.05) is 49.4 Å². The molecule has 34 heavy (non-hydrogen) atoms. The van der Waals surface area contributed by atoms with E-state index < -0.39 is 0 Å². The number of nitriles is 2. The molecule has 0 aliphatic carbocycles. The van der Waals surface area contributed by atoms with Crippen molar-refractivity contribution < 1.29 is 4.79 Å². The van der Waals surface area contributed by atoms with Crippen LogP contribution < -0.4 is 10.6 Å². The van der Waals surface area contributed by atoms with E-state index in [1.54, 1.807) is 0 Å². The lowest BCUT2D eigenvalue weighted by Crippen LogP contribution is -2.35. The molecule has 0 unspecified atom stereocenters. The number of carbonyl (C=O) groups is 1. The van der Waals surface area contributed by atoms with Crippen molar-refractivity contribution in [3.05, 3.63) is 70.8 Å². The van der Waals surface area contributed by atoms with E-state index in [0.717, 1.165) is 36.1 Å². The number of anilines is 2. The molecule has 0 bridgehead atoms. The van der Waals surface area contributed by atoms with E-state index >= 15 is 0 Å². The predicted molar refractivity (Wildman–Crippen MR) is 135 cm³/mol. The Bertz CT molecular complexity index is 1300. The molecular formula is C27H25N5OS. The van der Waals surface area contributed by atoms with Crippen molar-refractivity contribution in [3.8, 4) is 23.3 Å². The summed E-state index contributed by atoms with van der Waals surface area (Å²) in [6.45, 7) is 2.78. The van der Waals surface area contributed by atoms with Crippen LogP contribution in [-0.2, 0) is 17.6 Å². The van der Waals surface area contributed by atoms with Gasteiger partial charge in [0.25, 0.3) is 0 Å². The highest BCUT2D eigenvalue weighted by molar-refractivity contribution is 7.99. The zero-order chi connectivity index (χ0) is 24.1. The van der Waals surface area contributed by atoms with Crippen LogP contribution in [0.2, 0.25) is 0 Å². The molecule has 2 aromatic carbocycles. The molecule has 2 N–H and O–H groups in total. The fraction of sp³-hybridized carbons (Fsp3) is 0.259. The molecule has 7 heteroatoms. The Kier molecular flexibility index (Phi) is 7.15. The minimum Gasteiger partial charge on any atom is -0.383 e. The molecule has 3 aromatic rings. The van der Waals surface area contributed by atoms with E-state index in [4.69, 9.17) is 5.73 Å². The third kappa shape index (κ3) is 4.62. The van der Waals surface area contributed by atoms with E-state index in [9.17, 15) is 15.3 Å². The second kappa shape index (κ2) is 10.4. The molecule has 170 valence electrons. The van der Waals surface area contributed by atoms with Gasteiger partial charge in [-0.2, -0.15) is 10.5 Å². The normalized spacial score (nSPS) is 12.5. The van der Waals surface area contributed by atoms with Crippen LogP contribution in [0.1, 0.15) is 42.0 Å². The molecule has 2 heterocycles. The predicted octanol–water partition coefficient (Wildman–Crippen LogP) is 5.10. The molecule has 1 amide bonds. The highest BCUT2D eigenvalue weighted by Gasteiger charge is 2.23. The summed E-state index contributed by atoms with van der Waals surface area (Å²) in [6, 6.07) is 20.1. The molecule has 0 fully saturated rings. The Morgan fingerprint density at radius 1 is 1.12 bits per heavy atom. The van der Waals surface area contributed by atoms with Crippen LogP contribution in [0.4, 0.5) is 11.5 Å². The van der Waals surface area contributed by atoms with Crippen molar-refractivity contribution in [2.24, 2.45) is 0 Å². The zero-order valence-electron chi connectivity index (χ0n) is 19.0. The SMILES string of the molecule is CCc1ccc(-c2c(C#N)c(N)nc(SCCC(=O)N3CCCc4ccccc43)c2C#N)cc1. The van der Waals surface area contributed by atoms with E-state index in [2.05, 4.69) is 30.1 Å². The topological polar surface area (TPSA) is 107 Å². The Morgan fingerprint density at radius 2 is 1.85 bits per heavy atom. The van der Waals surface area contributed by atoms with E-state index in [-0.39, 0.29) is 17.3 Å². The molecule has 0 spiro atoms. The number of aromatic nitrogens is 1. The van der Waals surface area contributed by atoms with E-state index in [0.29, 0.717) is 34.9 Å². The average Bonchev–Trinajstić information content (AvgIpc) is 2.88. The minimum atomic E-state index is 0.0511. The van der Waals surface area contributed by atoms with Gasteiger partial charge in [0.2, 0.25) is 5.91 Å². The molecule has 1 aliphatic rings. The minimum absolute atomic E-state index is 0.0511. The average molecular weight is 468 g/mol. The van der Waals surface area contributed by atoms with Gasteiger partial charge >= 0.3 is 0 Å². The van der Waals surface area contributed by atoms with Crippen LogP contribution in [0, 0.1) is 22.7 Å². The number of rotatable bonds is 6. The van der Waals surface area contributed by atoms with Crippen LogP contribution in [0.15, 0.2) is 53.6 Å². The number of para-hydroxylation sites is 1. The number of hydrogen-bond donors (Lipinski definition) is 1. The molecule has 4 rings (SSSR count). The van der Waals surface area contributed by atoms with Crippen LogP contribution in [0.3, 0.4) is 0 Å². The van der Waals surface area contributed by atoms with Crippen LogP contribution in [0.5, 0.6) is 0 Å². The summed E-state index contributed by atoms with van der Waals surface area (Å²) in [6.07, 6.45) is 3.14. The third-order valence-electron chi connectivity index (χ3n) is 6.03. The number of hydrogen-bond acceptors (Lipinski definition) is 6. The van der Waals surface area contributed by atoms with Gasteiger partial charge in [0.05, 0.1) is 5.56 Å². The number of benzene rings is 2. The lowest BCUT2D eigenvalue weighted by molar-refractivity contribution is -0.118. The molecule has 0 saturated carbocycles. The summed E-state index contributed by atoms with van der Waals surface area (Å²) >= 11 is 1.32. The van der Waals surface area contributed by atoms with Gasteiger partial charge in [-0.3, -0.25) is 4.79 Å². The molecular weight excluding hydrogens is 442 g/mol. The highest BCUT2D eigenvalue weighted by atomic mass is 32.2. The van der Waals surface area contributed by atoms with Gasteiger partial charge in [0.1, 0.15) is 28.5 Å². The Balaban J connectivity index is 1.57. The summed E-state index contributed by atoms with van der Waals surface area (Å²) in [5.74, 6) is 0.601. The number of fused-ring (bicyclic) bond motifs is 1. The number of amides is 1. The second-order valence-corrected chi connectivity index (χ2v) is 9.16. The van der Waals surface area contributed by atoms with Crippen molar-refractivity contribution >= 4 is 29.2 Å². The number of nitrogens with zero attached hydrogens (tertiary/aromatic N) is 4. The van der Waals surface area contributed by atoms with Gasteiger partial charge in [0, 0.05) is 30.0 Å². The first-order chi connectivity index (χ1) is 16.6. The quantitative estimate of drug-likeness (QED) is 0.506. The van der Waals surface area contributed by atoms with E-state index in [1.807, 2.05) is 47.4 Å². The Labute approximate surface area is 204 Å². The monoisotopic (exact) mass is 467 g/mol. The number of aryl methyl sites for hydroxylation is 2. The van der Waals surface area contributed by atoms with Crippen molar-refractivity contribution in [2.75, 3.05) is 22.9 Å². The number of nitrogens with two attached hydrogens (primary N) is 1. The van der Waals surface area contributed by atoms with Crippen LogP contribution >= 0.6 is 11.8 Å². The first kappa shape index (κ1) is 23.4. The Morgan fingerprint density at radius 3 is 2.56 bits per heavy atom. The smallest absolute Gasteiger partial charge is 0.227 e. The fourth-order valence-corrected chi connectivity index (χ4v) is 5.19. The van der Waals surface area contributed by atoms with Crippen LogP contribution in [0.25, 0.3) is 11.1 Å².